The molecule has 3 heterocycles. The molecule has 1 amide bonds. The van der Waals surface area contributed by atoms with Gasteiger partial charge in [0.15, 0.2) is 0 Å². The van der Waals surface area contributed by atoms with Crippen molar-refractivity contribution in [2.75, 3.05) is 0 Å². The van der Waals surface area contributed by atoms with E-state index >= 15 is 0 Å². The van der Waals surface area contributed by atoms with E-state index in [-0.39, 0.29) is 11.9 Å². The van der Waals surface area contributed by atoms with E-state index in [0.29, 0.717) is 0 Å². The molecule has 0 N–H and O–H groups in total. The standard InChI is InChI=1S/C14H13N3OS/c1-10(18)17-13(14-5-3-7-19-14)8-12(16-17)11-4-2-6-15-9-11/h2-7,9,13H,8H2,1H3. The molecule has 2 aromatic rings. The van der Waals surface area contributed by atoms with Crippen molar-refractivity contribution in [1.29, 1.82) is 0 Å². The fraction of sp³-hybridized carbons (Fsp3) is 0.214. The minimum absolute atomic E-state index is 0.0210. The molecule has 0 aliphatic carbocycles. The number of nitrogens with zero attached hydrogens (tertiary/aromatic N) is 3. The van der Waals surface area contributed by atoms with Crippen molar-refractivity contribution >= 4 is 23.0 Å². The van der Waals surface area contributed by atoms with Gasteiger partial charge in [-0.1, -0.05) is 12.1 Å². The summed E-state index contributed by atoms with van der Waals surface area (Å²) in [4.78, 5) is 17.0. The maximum absolute atomic E-state index is 11.7. The van der Waals surface area contributed by atoms with Crippen molar-refractivity contribution in [3.8, 4) is 0 Å². The second kappa shape index (κ2) is 4.93. The zero-order chi connectivity index (χ0) is 13.2. The number of thiophene rings is 1. The summed E-state index contributed by atoms with van der Waals surface area (Å²) in [6, 6.07) is 7.93. The van der Waals surface area contributed by atoms with Gasteiger partial charge in [0.2, 0.25) is 5.91 Å². The molecule has 1 aliphatic rings. The number of hydrogen-bond donors (Lipinski definition) is 0. The zero-order valence-electron chi connectivity index (χ0n) is 10.5. The van der Waals surface area contributed by atoms with Crippen LogP contribution in [0.25, 0.3) is 0 Å². The molecule has 1 unspecified atom stereocenters. The van der Waals surface area contributed by atoms with Gasteiger partial charge in [-0.2, -0.15) is 5.10 Å². The van der Waals surface area contributed by atoms with Crippen LogP contribution >= 0.6 is 11.3 Å². The fourth-order valence-corrected chi connectivity index (χ4v) is 3.02. The largest absolute Gasteiger partial charge is 0.273 e. The predicted octanol–water partition coefficient (Wildman–Crippen LogP) is 2.84. The van der Waals surface area contributed by atoms with Crippen LogP contribution in [-0.4, -0.2) is 21.6 Å². The highest BCUT2D eigenvalue weighted by Gasteiger charge is 2.31. The maximum Gasteiger partial charge on any atom is 0.240 e. The first kappa shape index (κ1) is 12.0. The molecule has 1 aliphatic heterocycles. The van der Waals surface area contributed by atoms with E-state index in [9.17, 15) is 4.79 Å². The molecule has 96 valence electrons. The smallest absolute Gasteiger partial charge is 0.240 e. The Morgan fingerprint density at radius 2 is 2.32 bits per heavy atom. The van der Waals surface area contributed by atoms with Crippen LogP contribution in [0.2, 0.25) is 0 Å². The summed E-state index contributed by atoms with van der Waals surface area (Å²) in [6.07, 6.45) is 4.26. The van der Waals surface area contributed by atoms with Crippen LogP contribution in [0.15, 0.2) is 47.1 Å². The molecule has 0 bridgehead atoms. The Morgan fingerprint density at radius 1 is 1.42 bits per heavy atom. The monoisotopic (exact) mass is 271 g/mol. The number of hydrogen-bond acceptors (Lipinski definition) is 4. The van der Waals surface area contributed by atoms with Gasteiger partial charge >= 0.3 is 0 Å². The molecular weight excluding hydrogens is 258 g/mol. The fourth-order valence-electron chi connectivity index (χ4n) is 2.21. The minimum Gasteiger partial charge on any atom is -0.273 e. The third-order valence-corrected chi connectivity index (χ3v) is 4.07. The van der Waals surface area contributed by atoms with Gasteiger partial charge in [0, 0.05) is 36.2 Å². The highest BCUT2D eigenvalue weighted by molar-refractivity contribution is 7.10. The summed E-state index contributed by atoms with van der Waals surface area (Å²) in [5.74, 6) is -0.0303. The average Bonchev–Trinajstić information content (AvgIpc) is 3.08. The topological polar surface area (TPSA) is 45.6 Å². The van der Waals surface area contributed by atoms with Gasteiger partial charge in [-0.3, -0.25) is 9.78 Å². The molecule has 0 saturated carbocycles. The van der Waals surface area contributed by atoms with Gasteiger partial charge in [-0.25, -0.2) is 5.01 Å². The van der Waals surface area contributed by atoms with Crippen molar-refractivity contribution in [2.45, 2.75) is 19.4 Å². The van der Waals surface area contributed by atoms with Crippen molar-refractivity contribution in [3.05, 3.63) is 52.5 Å². The molecule has 5 heteroatoms. The van der Waals surface area contributed by atoms with Crippen LogP contribution in [-0.2, 0) is 4.79 Å². The Balaban J connectivity index is 1.94. The molecule has 0 fully saturated rings. The van der Waals surface area contributed by atoms with Crippen LogP contribution in [0.5, 0.6) is 0 Å². The number of rotatable bonds is 2. The third-order valence-electron chi connectivity index (χ3n) is 3.10. The van der Waals surface area contributed by atoms with Crippen molar-refractivity contribution in [2.24, 2.45) is 5.10 Å². The molecule has 0 saturated heterocycles. The highest BCUT2D eigenvalue weighted by Crippen LogP contribution is 2.34. The summed E-state index contributed by atoms with van der Waals surface area (Å²) < 4.78 is 0. The Bertz CT molecular complexity index is 607. The first-order valence-electron chi connectivity index (χ1n) is 6.07. The van der Waals surface area contributed by atoms with Gasteiger partial charge in [-0.05, 0) is 17.5 Å². The summed E-state index contributed by atoms with van der Waals surface area (Å²) >= 11 is 1.66. The van der Waals surface area contributed by atoms with E-state index < -0.39 is 0 Å². The second-order valence-electron chi connectivity index (χ2n) is 4.39. The van der Waals surface area contributed by atoms with Gasteiger partial charge in [0.1, 0.15) is 0 Å². The molecule has 0 radical (unpaired) electrons. The van der Waals surface area contributed by atoms with Crippen LogP contribution < -0.4 is 0 Å². The van der Waals surface area contributed by atoms with Crippen LogP contribution in [0.1, 0.15) is 29.8 Å². The lowest BCUT2D eigenvalue weighted by molar-refractivity contribution is -0.130. The normalized spacial score (nSPS) is 18.5. The molecule has 4 nitrogen and oxygen atoms in total. The maximum atomic E-state index is 11.7. The van der Waals surface area contributed by atoms with E-state index in [1.54, 1.807) is 35.7 Å². The second-order valence-corrected chi connectivity index (χ2v) is 5.37. The van der Waals surface area contributed by atoms with E-state index in [4.69, 9.17) is 0 Å². The lowest BCUT2D eigenvalue weighted by Gasteiger charge is -2.18. The van der Waals surface area contributed by atoms with E-state index in [2.05, 4.69) is 10.1 Å². The average molecular weight is 271 g/mol. The molecule has 0 aromatic carbocycles. The summed E-state index contributed by atoms with van der Waals surface area (Å²) in [5.41, 5.74) is 1.90. The number of hydrazone groups is 1. The van der Waals surface area contributed by atoms with Crippen molar-refractivity contribution in [1.82, 2.24) is 9.99 Å². The van der Waals surface area contributed by atoms with Crippen LogP contribution in [0, 0.1) is 0 Å². The van der Waals surface area contributed by atoms with Gasteiger partial charge in [0.05, 0.1) is 11.8 Å². The van der Waals surface area contributed by atoms with E-state index in [1.165, 1.54) is 0 Å². The first-order valence-corrected chi connectivity index (χ1v) is 6.95. The summed E-state index contributed by atoms with van der Waals surface area (Å²) in [7, 11) is 0. The van der Waals surface area contributed by atoms with Crippen molar-refractivity contribution in [3.63, 3.8) is 0 Å². The Labute approximate surface area is 115 Å². The van der Waals surface area contributed by atoms with Gasteiger partial charge in [-0.15, -0.1) is 11.3 Å². The Morgan fingerprint density at radius 3 is 2.95 bits per heavy atom. The third kappa shape index (κ3) is 2.29. The van der Waals surface area contributed by atoms with Gasteiger partial charge < -0.3 is 0 Å². The van der Waals surface area contributed by atoms with E-state index in [0.717, 1.165) is 22.6 Å². The predicted molar refractivity (Wildman–Crippen MR) is 75.0 cm³/mol. The lowest BCUT2D eigenvalue weighted by Crippen LogP contribution is -2.23. The zero-order valence-corrected chi connectivity index (χ0v) is 11.3. The highest BCUT2D eigenvalue weighted by atomic mass is 32.1. The first-order chi connectivity index (χ1) is 9.25. The molecule has 2 aromatic heterocycles. The molecular formula is C14H13N3OS. The minimum atomic E-state index is -0.0303. The van der Waals surface area contributed by atoms with Gasteiger partial charge in [0.25, 0.3) is 0 Å². The SMILES string of the molecule is CC(=O)N1N=C(c2cccnc2)CC1c1cccs1. The number of amides is 1. The number of carbonyl (C=O) groups excluding carboxylic acids is 1. The summed E-state index contributed by atoms with van der Waals surface area (Å²) in [6.45, 7) is 1.55. The molecule has 0 spiro atoms. The number of carbonyl (C=O) groups is 1. The Hall–Kier alpha value is -2.01. The summed E-state index contributed by atoms with van der Waals surface area (Å²) in [5, 5.41) is 8.06. The number of aromatic nitrogens is 1. The molecule has 3 rings (SSSR count). The lowest BCUT2D eigenvalue weighted by atomic mass is 10.0. The van der Waals surface area contributed by atoms with Crippen LogP contribution in [0.4, 0.5) is 0 Å². The van der Waals surface area contributed by atoms with Crippen molar-refractivity contribution < 1.29 is 4.79 Å². The van der Waals surface area contributed by atoms with Crippen LogP contribution in [0.3, 0.4) is 0 Å². The molecule has 19 heavy (non-hydrogen) atoms. The molecule has 1 atom stereocenters. The Kier molecular flexibility index (Phi) is 3.13. The van der Waals surface area contributed by atoms with E-state index in [1.807, 2.05) is 29.6 Å². The quantitative estimate of drug-likeness (QED) is 0.843. The number of pyridine rings is 1.